The molecule has 0 aliphatic carbocycles. The van der Waals surface area contributed by atoms with Crippen molar-refractivity contribution in [1.29, 1.82) is 0 Å². The lowest BCUT2D eigenvalue weighted by atomic mass is 10.1. The molecule has 7 heteroatoms. The molecule has 0 radical (unpaired) electrons. The van der Waals surface area contributed by atoms with E-state index in [4.69, 9.17) is 4.74 Å². The Morgan fingerprint density at radius 1 is 1.48 bits per heavy atom. The first kappa shape index (κ1) is 16.2. The summed E-state index contributed by atoms with van der Waals surface area (Å²) < 4.78 is 33.3. The first-order chi connectivity index (χ1) is 10.0. The molecule has 1 saturated heterocycles. The van der Waals surface area contributed by atoms with Gasteiger partial charge in [-0.15, -0.1) is 0 Å². The van der Waals surface area contributed by atoms with Crippen molar-refractivity contribution in [2.75, 3.05) is 18.5 Å². The average molecular weight is 313 g/mol. The molecule has 6 nitrogen and oxygen atoms in total. The molecule has 2 heterocycles. The van der Waals surface area contributed by atoms with Gasteiger partial charge in [-0.25, -0.2) is 18.1 Å². The maximum absolute atomic E-state index is 12.5. The summed E-state index contributed by atoms with van der Waals surface area (Å²) in [5, 5.41) is 3.18. The van der Waals surface area contributed by atoms with Crippen LogP contribution in [0.5, 0.6) is 0 Å². The summed E-state index contributed by atoms with van der Waals surface area (Å²) >= 11 is 0. The minimum absolute atomic E-state index is 0.0672. The highest BCUT2D eigenvalue weighted by molar-refractivity contribution is 7.89. The van der Waals surface area contributed by atoms with Crippen molar-refractivity contribution in [3.63, 3.8) is 0 Å². The zero-order valence-electron chi connectivity index (χ0n) is 12.5. The van der Waals surface area contributed by atoms with Crippen molar-refractivity contribution in [2.24, 2.45) is 0 Å². The van der Waals surface area contributed by atoms with Crippen LogP contribution in [0, 0.1) is 0 Å². The molecule has 2 N–H and O–H groups in total. The second-order valence-electron chi connectivity index (χ2n) is 5.31. The van der Waals surface area contributed by atoms with Gasteiger partial charge in [0.2, 0.25) is 0 Å². The first-order valence-corrected chi connectivity index (χ1v) is 8.84. The van der Waals surface area contributed by atoms with Gasteiger partial charge in [0.15, 0.2) is 5.03 Å². The number of sulfonamides is 1. The summed E-state index contributed by atoms with van der Waals surface area (Å²) in [6, 6.07) is 3.37. The number of hydrogen-bond acceptors (Lipinski definition) is 5. The SMILES string of the molecule is CCCNc1cccnc1S(=O)(=O)NC1CCOC(C)C1. The van der Waals surface area contributed by atoms with Crippen molar-refractivity contribution in [1.82, 2.24) is 9.71 Å². The highest BCUT2D eigenvalue weighted by Gasteiger charge is 2.27. The molecule has 2 rings (SSSR count). The molecule has 1 aliphatic heterocycles. The second kappa shape index (κ2) is 7.20. The van der Waals surface area contributed by atoms with Gasteiger partial charge in [-0.3, -0.25) is 0 Å². The Morgan fingerprint density at radius 2 is 2.29 bits per heavy atom. The van der Waals surface area contributed by atoms with Gasteiger partial charge in [0.25, 0.3) is 10.0 Å². The molecular weight excluding hydrogens is 290 g/mol. The summed E-state index contributed by atoms with van der Waals surface area (Å²) in [5.41, 5.74) is 0.548. The zero-order chi connectivity index (χ0) is 15.3. The molecule has 2 atom stereocenters. The highest BCUT2D eigenvalue weighted by atomic mass is 32.2. The minimum Gasteiger partial charge on any atom is -0.383 e. The molecule has 1 aromatic heterocycles. The van der Waals surface area contributed by atoms with Crippen molar-refractivity contribution < 1.29 is 13.2 Å². The smallest absolute Gasteiger partial charge is 0.260 e. The molecule has 0 amide bonds. The summed E-state index contributed by atoms with van der Waals surface area (Å²) in [4.78, 5) is 4.04. The van der Waals surface area contributed by atoms with Gasteiger partial charge in [0, 0.05) is 25.4 Å². The number of anilines is 1. The predicted octanol–water partition coefficient (Wildman–Crippen LogP) is 1.75. The molecule has 118 valence electrons. The molecule has 21 heavy (non-hydrogen) atoms. The van der Waals surface area contributed by atoms with Gasteiger partial charge in [-0.05, 0) is 38.3 Å². The molecule has 0 bridgehead atoms. The van der Waals surface area contributed by atoms with Crippen molar-refractivity contribution >= 4 is 15.7 Å². The van der Waals surface area contributed by atoms with Gasteiger partial charge < -0.3 is 10.1 Å². The summed E-state index contributed by atoms with van der Waals surface area (Å²) in [6.07, 6.45) is 3.86. The second-order valence-corrected chi connectivity index (χ2v) is 6.94. The van der Waals surface area contributed by atoms with E-state index in [0.29, 0.717) is 31.7 Å². The maximum Gasteiger partial charge on any atom is 0.260 e. The number of aromatic nitrogens is 1. The standard InChI is InChI=1S/C14H23N3O3S/c1-3-7-15-13-5-4-8-16-14(13)21(18,19)17-12-6-9-20-11(2)10-12/h4-5,8,11-12,15,17H,3,6-7,9-10H2,1-2H3. The predicted molar refractivity (Wildman–Crippen MR) is 81.8 cm³/mol. The lowest BCUT2D eigenvalue weighted by molar-refractivity contribution is 0.0173. The van der Waals surface area contributed by atoms with Crippen molar-refractivity contribution in [3.05, 3.63) is 18.3 Å². The molecular formula is C14H23N3O3S. The molecule has 0 saturated carbocycles. The Balaban J connectivity index is 2.15. The Bertz CT molecular complexity index is 562. The van der Waals surface area contributed by atoms with Gasteiger partial charge in [-0.2, -0.15) is 0 Å². The van der Waals surface area contributed by atoms with Crippen LogP contribution in [0.2, 0.25) is 0 Å². The van der Waals surface area contributed by atoms with E-state index in [9.17, 15) is 8.42 Å². The number of hydrogen-bond donors (Lipinski definition) is 2. The molecule has 1 aromatic rings. The Hall–Kier alpha value is -1.18. The van der Waals surface area contributed by atoms with Crippen LogP contribution in [0.25, 0.3) is 0 Å². The fraction of sp³-hybridized carbons (Fsp3) is 0.643. The van der Waals surface area contributed by atoms with Crippen LogP contribution in [0.3, 0.4) is 0 Å². The minimum atomic E-state index is -3.62. The van der Waals surface area contributed by atoms with Crippen molar-refractivity contribution in [2.45, 2.75) is 50.3 Å². The fourth-order valence-electron chi connectivity index (χ4n) is 2.38. The average Bonchev–Trinajstić information content (AvgIpc) is 2.45. The van der Waals surface area contributed by atoms with Crippen LogP contribution >= 0.6 is 0 Å². The number of nitrogens with one attached hydrogen (secondary N) is 2. The van der Waals surface area contributed by atoms with Crippen LogP contribution in [0.15, 0.2) is 23.4 Å². The third-order valence-corrected chi connectivity index (χ3v) is 4.88. The van der Waals surface area contributed by atoms with E-state index in [2.05, 4.69) is 15.0 Å². The molecule has 1 fully saturated rings. The largest absolute Gasteiger partial charge is 0.383 e. The topological polar surface area (TPSA) is 80.3 Å². The molecule has 1 aliphatic rings. The van der Waals surface area contributed by atoms with Crippen molar-refractivity contribution in [3.8, 4) is 0 Å². The number of rotatable bonds is 6. The quantitative estimate of drug-likeness (QED) is 0.836. The van der Waals surface area contributed by atoms with E-state index < -0.39 is 10.0 Å². The Labute approximate surface area is 126 Å². The summed E-state index contributed by atoms with van der Waals surface area (Å²) in [6.45, 7) is 5.27. The maximum atomic E-state index is 12.5. The Morgan fingerprint density at radius 3 is 3.00 bits per heavy atom. The lowest BCUT2D eigenvalue weighted by Crippen LogP contribution is -2.41. The van der Waals surface area contributed by atoms with Crippen LogP contribution in [-0.4, -0.2) is 38.7 Å². The van der Waals surface area contributed by atoms with Gasteiger partial charge in [0.05, 0.1) is 11.8 Å². The third kappa shape index (κ3) is 4.39. The lowest BCUT2D eigenvalue weighted by Gasteiger charge is -2.27. The van der Waals surface area contributed by atoms with E-state index in [0.717, 1.165) is 6.42 Å². The zero-order valence-corrected chi connectivity index (χ0v) is 13.3. The number of pyridine rings is 1. The molecule has 0 spiro atoms. The van der Waals surface area contributed by atoms with Crippen LogP contribution in [-0.2, 0) is 14.8 Å². The van der Waals surface area contributed by atoms with Gasteiger partial charge >= 0.3 is 0 Å². The molecule has 0 aromatic carbocycles. The van der Waals surface area contributed by atoms with E-state index in [1.165, 1.54) is 6.20 Å². The van der Waals surface area contributed by atoms with E-state index in [1.54, 1.807) is 12.1 Å². The summed E-state index contributed by atoms with van der Waals surface area (Å²) in [7, 11) is -3.62. The van der Waals surface area contributed by atoms with Gasteiger partial charge in [0.1, 0.15) is 0 Å². The van der Waals surface area contributed by atoms with E-state index in [1.807, 2.05) is 13.8 Å². The number of ether oxygens (including phenoxy) is 1. The van der Waals surface area contributed by atoms with Crippen LogP contribution in [0.1, 0.15) is 33.1 Å². The first-order valence-electron chi connectivity index (χ1n) is 7.35. The highest BCUT2D eigenvalue weighted by Crippen LogP contribution is 2.21. The number of nitrogens with zero attached hydrogens (tertiary/aromatic N) is 1. The molecule has 2 unspecified atom stereocenters. The van der Waals surface area contributed by atoms with E-state index >= 15 is 0 Å². The van der Waals surface area contributed by atoms with Gasteiger partial charge in [-0.1, -0.05) is 6.92 Å². The fourth-order valence-corrected chi connectivity index (χ4v) is 3.77. The van der Waals surface area contributed by atoms with Crippen LogP contribution in [0.4, 0.5) is 5.69 Å². The summed E-state index contributed by atoms with van der Waals surface area (Å²) in [5.74, 6) is 0. The van der Waals surface area contributed by atoms with Crippen LogP contribution < -0.4 is 10.0 Å². The Kier molecular flexibility index (Phi) is 5.55. The third-order valence-electron chi connectivity index (χ3n) is 3.40. The van der Waals surface area contributed by atoms with E-state index in [-0.39, 0.29) is 17.2 Å². The normalized spacial score (nSPS) is 23.0. The monoisotopic (exact) mass is 313 g/mol.